The highest BCUT2D eigenvalue weighted by Gasteiger charge is 2.11. The van der Waals surface area contributed by atoms with Crippen molar-refractivity contribution in [2.24, 2.45) is 0 Å². The Hall–Kier alpha value is -1.34. The molecule has 0 aliphatic rings. The second kappa shape index (κ2) is 6.01. The largest absolute Gasteiger partial charge is 0.293 e. The summed E-state index contributed by atoms with van der Waals surface area (Å²) >= 11 is 7.76. The lowest BCUT2D eigenvalue weighted by Crippen LogP contribution is -2.18. The van der Waals surface area contributed by atoms with Crippen molar-refractivity contribution >= 4 is 22.9 Å². The molecule has 2 aromatic rings. The molecule has 0 aliphatic heterocycles. The monoisotopic (exact) mass is 276 g/mol. The van der Waals surface area contributed by atoms with Crippen LogP contribution in [0.4, 0.5) is 0 Å². The molecule has 18 heavy (non-hydrogen) atoms. The lowest BCUT2D eigenvalue weighted by Gasteiger charge is -2.12. The summed E-state index contributed by atoms with van der Waals surface area (Å²) in [4.78, 5) is 1.22. The summed E-state index contributed by atoms with van der Waals surface area (Å²) in [5.74, 6) is 0. The number of nitriles is 1. The Labute approximate surface area is 116 Å². The fourth-order valence-corrected chi connectivity index (χ4v) is 2.49. The summed E-state index contributed by atoms with van der Waals surface area (Å²) in [5.41, 5.74) is 1.93. The molecule has 0 aliphatic carbocycles. The molecule has 1 unspecified atom stereocenters. The Morgan fingerprint density at radius 2 is 2.28 bits per heavy atom. The highest BCUT2D eigenvalue weighted by atomic mass is 35.5. The second-order valence-corrected chi connectivity index (χ2v) is 5.47. The van der Waals surface area contributed by atoms with Gasteiger partial charge in [0, 0.05) is 16.4 Å². The number of thiophene rings is 1. The number of benzene rings is 1. The number of aryl methyl sites for hydroxylation is 1. The van der Waals surface area contributed by atoms with Gasteiger partial charge in [0.15, 0.2) is 0 Å². The van der Waals surface area contributed by atoms with Crippen molar-refractivity contribution < 1.29 is 0 Å². The summed E-state index contributed by atoms with van der Waals surface area (Å²) in [7, 11) is 0. The molecule has 92 valence electrons. The normalized spacial score (nSPS) is 12.1. The van der Waals surface area contributed by atoms with Crippen molar-refractivity contribution in [1.29, 1.82) is 5.26 Å². The number of halogens is 1. The Bertz CT molecular complexity index is 558. The van der Waals surface area contributed by atoms with Crippen LogP contribution in [0.1, 0.15) is 22.0 Å². The molecule has 1 N–H and O–H groups in total. The number of nitrogens with one attached hydrogen (secondary N) is 1. The maximum atomic E-state index is 9.22. The summed E-state index contributed by atoms with van der Waals surface area (Å²) in [6.07, 6.45) is 0. The number of hydrogen-bond donors (Lipinski definition) is 1. The molecule has 0 amide bonds. The highest BCUT2D eigenvalue weighted by Crippen LogP contribution is 2.21. The summed E-state index contributed by atoms with van der Waals surface area (Å²) in [5, 5.41) is 15.2. The van der Waals surface area contributed by atoms with Gasteiger partial charge in [0.2, 0.25) is 0 Å². The predicted octanol–water partition coefficient (Wildman–Crippen LogP) is 4.06. The highest BCUT2D eigenvalue weighted by molar-refractivity contribution is 7.09. The standard InChI is InChI=1S/C14H13ClN2S/c1-10-4-5-11(7-13(10)15)14(8-16)17-9-12-3-2-6-18-12/h2-7,14,17H,9H2,1H3. The first-order chi connectivity index (χ1) is 8.70. The molecule has 1 heterocycles. The first-order valence-electron chi connectivity index (χ1n) is 5.62. The van der Waals surface area contributed by atoms with Crippen LogP contribution in [0.3, 0.4) is 0 Å². The van der Waals surface area contributed by atoms with Crippen molar-refractivity contribution in [3.8, 4) is 6.07 Å². The molecule has 1 aromatic carbocycles. The number of nitrogens with zero attached hydrogens (tertiary/aromatic N) is 1. The van der Waals surface area contributed by atoms with Crippen LogP contribution in [-0.2, 0) is 6.54 Å². The summed E-state index contributed by atoms with van der Waals surface area (Å²) < 4.78 is 0. The molecule has 0 bridgehead atoms. The third-order valence-corrected chi connectivity index (χ3v) is 4.00. The molecule has 2 rings (SSSR count). The fraction of sp³-hybridized carbons (Fsp3) is 0.214. The second-order valence-electron chi connectivity index (χ2n) is 4.03. The predicted molar refractivity (Wildman–Crippen MR) is 75.7 cm³/mol. The van der Waals surface area contributed by atoms with E-state index in [9.17, 15) is 5.26 Å². The Morgan fingerprint density at radius 3 is 2.89 bits per heavy atom. The number of rotatable bonds is 4. The molecule has 0 saturated carbocycles. The van der Waals surface area contributed by atoms with E-state index in [1.165, 1.54) is 4.88 Å². The van der Waals surface area contributed by atoms with E-state index in [1.54, 1.807) is 11.3 Å². The third kappa shape index (κ3) is 3.11. The van der Waals surface area contributed by atoms with E-state index in [4.69, 9.17) is 11.6 Å². The van der Waals surface area contributed by atoms with E-state index >= 15 is 0 Å². The summed E-state index contributed by atoms with van der Waals surface area (Å²) in [6, 6.07) is 11.7. The van der Waals surface area contributed by atoms with Crippen LogP contribution in [0.25, 0.3) is 0 Å². The van der Waals surface area contributed by atoms with E-state index in [0.29, 0.717) is 11.6 Å². The van der Waals surface area contributed by atoms with Crippen LogP contribution in [0.2, 0.25) is 5.02 Å². The SMILES string of the molecule is Cc1ccc(C(C#N)NCc2cccs2)cc1Cl. The van der Waals surface area contributed by atoms with Crippen LogP contribution in [0.15, 0.2) is 35.7 Å². The first-order valence-corrected chi connectivity index (χ1v) is 6.88. The maximum absolute atomic E-state index is 9.22. The van der Waals surface area contributed by atoms with Crippen molar-refractivity contribution in [3.05, 3.63) is 56.7 Å². The van der Waals surface area contributed by atoms with Gasteiger partial charge in [0.1, 0.15) is 6.04 Å². The van der Waals surface area contributed by atoms with Gasteiger partial charge in [0.05, 0.1) is 6.07 Å². The minimum Gasteiger partial charge on any atom is -0.293 e. The molecule has 0 fully saturated rings. The van der Waals surface area contributed by atoms with Gasteiger partial charge in [-0.15, -0.1) is 11.3 Å². The average molecular weight is 277 g/mol. The third-order valence-electron chi connectivity index (χ3n) is 2.72. The molecule has 2 nitrogen and oxygen atoms in total. The quantitative estimate of drug-likeness (QED) is 0.914. The Balaban J connectivity index is 2.08. The average Bonchev–Trinajstić information content (AvgIpc) is 2.87. The molecule has 1 atom stereocenters. The van der Waals surface area contributed by atoms with Crippen LogP contribution < -0.4 is 5.32 Å². The van der Waals surface area contributed by atoms with Gasteiger partial charge in [0.25, 0.3) is 0 Å². The molecule has 0 radical (unpaired) electrons. The minimum absolute atomic E-state index is 0.329. The lowest BCUT2D eigenvalue weighted by molar-refractivity contribution is 0.636. The molecular weight excluding hydrogens is 264 g/mol. The van der Waals surface area contributed by atoms with Crippen molar-refractivity contribution in [1.82, 2.24) is 5.32 Å². The Kier molecular flexibility index (Phi) is 4.38. The van der Waals surface area contributed by atoms with Crippen molar-refractivity contribution in [2.45, 2.75) is 19.5 Å². The molecular formula is C14H13ClN2S. The lowest BCUT2D eigenvalue weighted by atomic mass is 10.1. The van der Waals surface area contributed by atoms with Gasteiger partial charge in [-0.2, -0.15) is 5.26 Å². The number of hydrogen-bond acceptors (Lipinski definition) is 3. The van der Waals surface area contributed by atoms with Crippen molar-refractivity contribution in [3.63, 3.8) is 0 Å². The van der Waals surface area contributed by atoms with Gasteiger partial charge in [-0.3, -0.25) is 5.32 Å². The zero-order valence-corrected chi connectivity index (χ0v) is 11.6. The van der Waals surface area contributed by atoms with E-state index < -0.39 is 0 Å². The summed E-state index contributed by atoms with van der Waals surface area (Å²) in [6.45, 7) is 2.65. The van der Waals surface area contributed by atoms with E-state index in [-0.39, 0.29) is 6.04 Å². The van der Waals surface area contributed by atoms with Crippen LogP contribution in [0.5, 0.6) is 0 Å². The van der Waals surface area contributed by atoms with Crippen LogP contribution in [-0.4, -0.2) is 0 Å². The van der Waals surface area contributed by atoms with Gasteiger partial charge >= 0.3 is 0 Å². The minimum atomic E-state index is -0.329. The molecule has 1 aromatic heterocycles. The van der Waals surface area contributed by atoms with E-state index in [0.717, 1.165) is 11.1 Å². The van der Waals surface area contributed by atoms with Gasteiger partial charge < -0.3 is 0 Å². The first kappa shape index (κ1) is 13.1. The van der Waals surface area contributed by atoms with Gasteiger partial charge in [-0.05, 0) is 35.6 Å². The maximum Gasteiger partial charge on any atom is 0.121 e. The van der Waals surface area contributed by atoms with Crippen molar-refractivity contribution in [2.75, 3.05) is 0 Å². The fourth-order valence-electron chi connectivity index (χ4n) is 1.64. The van der Waals surface area contributed by atoms with Crippen LogP contribution >= 0.6 is 22.9 Å². The van der Waals surface area contributed by atoms with E-state index in [2.05, 4.69) is 11.4 Å². The topological polar surface area (TPSA) is 35.8 Å². The Morgan fingerprint density at radius 1 is 1.44 bits per heavy atom. The molecule has 0 saturated heterocycles. The zero-order chi connectivity index (χ0) is 13.0. The molecule has 0 spiro atoms. The molecule has 4 heteroatoms. The van der Waals surface area contributed by atoms with Crippen LogP contribution in [0, 0.1) is 18.3 Å². The zero-order valence-electron chi connectivity index (χ0n) is 9.98. The van der Waals surface area contributed by atoms with Gasteiger partial charge in [-0.1, -0.05) is 29.8 Å². The van der Waals surface area contributed by atoms with Gasteiger partial charge in [-0.25, -0.2) is 0 Å². The smallest absolute Gasteiger partial charge is 0.121 e. The van der Waals surface area contributed by atoms with E-state index in [1.807, 2.05) is 42.6 Å².